The van der Waals surface area contributed by atoms with Gasteiger partial charge in [0.1, 0.15) is 5.75 Å². The van der Waals surface area contributed by atoms with Gasteiger partial charge in [-0.05, 0) is 49.4 Å². The predicted octanol–water partition coefficient (Wildman–Crippen LogP) is 5.20. The Morgan fingerprint density at radius 1 is 0.941 bits per heavy atom. The van der Waals surface area contributed by atoms with Gasteiger partial charge in [0.25, 0.3) is 5.91 Å². The molecule has 0 aliphatic rings. The number of hydrogen-bond donors (Lipinski definition) is 2. The van der Waals surface area contributed by atoms with E-state index in [0.717, 1.165) is 27.2 Å². The lowest BCUT2D eigenvalue weighted by Gasteiger charge is -2.08. The van der Waals surface area contributed by atoms with E-state index in [1.807, 2.05) is 55.6 Å². The normalized spacial score (nSPS) is 10.7. The molecule has 7 heteroatoms. The van der Waals surface area contributed by atoms with Gasteiger partial charge in [-0.25, -0.2) is 0 Å². The van der Waals surface area contributed by atoms with E-state index in [0.29, 0.717) is 31.0 Å². The van der Waals surface area contributed by atoms with Crippen LogP contribution in [0.3, 0.4) is 0 Å². The van der Waals surface area contributed by atoms with E-state index in [2.05, 4.69) is 27.3 Å². The first-order chi connectivity index (χ1) is 16.6. The largest absolute Gasteiger partial charge is 0.494 e. The van der Waals surface area contributed by atoms with Crippen LogP contribution in [-0.2, 0) is 11.3 Å². The van der Waals surface area contributed by atoms with Gasteiger partial charge in [0.05, 0.1) is 12.4 Å². The molecule has 0 atom stereocenters. The number of ether oxygens (including phenoxy) is 1. The lowest BCUT2D eigenvalue weighted by molar-refractivity contribution is -0.113. The zero-order chi connectivity index (χ0) is 23.8. The maximum Gasteiger partial charge on any atom is 0.251 e. The lowest BCUT2D eigenvalue weighted by Crippen LogP contribution is -2.27. The van der Waals surface area contributed by atoms with Crippen molar-refractivity contribution in [3.63, 3.8) is 0 Å². The first-order valence-corrected chi connectivity index (χ1v) is 12.2. The summed E-state index contributed by atoms with van der Waals surface area (Å²) >= 11 is 1.51. The predicted molar refractivity (Wildman–Crippen MR) is 138 cm³/mol. The molecular weight excluding hydrogens is 446 g/mol. The van der Waals surface area contributed by atoms with Crippen molar-refractivity contribution in [2.75, 3.05) is 24.2 Å². The van der Waals surface area contributed by atoms with Crippen molar-refractivity contribution in [3.8, 4) is 5.75 Å². The van der Waals surface area contributed by atoms with Gasteiger partial charge in [-0.15, -0.1) is 11.8 Å². The van der Waals surface area contributed by atoms with Gasteiger partial charge in [0.2, 0.25) is 5.91 Å². The zero-order valence-corrected chi connectivity index (χ0v) is 19.8. The Bertz CT molecular complexity index is 1250. The van der Waals surface area contributed by atoms with Crippen LogP contribution in [0.1, 0.15) is 17.3 Å². The standard InChI is InChI=1S/C27H27N3O3S/c1-2-33-22-14-12-20(13-15-22)27(32)28-16-17-30-18-25(23-10-6-7-11-24(23)30)34-19-26(31)29-21-8-4-3-5-9-21/h3-15,18H,2,16-17,19H2,1H3,(H,28,32)(H,29,31). The van der Waals surface area contributed by atoms with E-state index < -0.39 is 0 Å². The number of nitrogens with zero attached hydrogens (tertiary/aromatic N) is 1. The number of amides is 2. The minimum Gasteiger partial charge on any atom is -0.494 e. The van der Waals surface area contributed by atoms with Crippen molar-refractivity contribution >= 4 is 40.2 Å². The van der Waals surface area contributed by atoms with E-state index in [-0.39, 0.29) is 11.8 Å². The fourth-order valence-corrected chi connectivity index (χ4v) is 4.52. The van der Waals surface area contributed by atoms with Gasteiger partial charge in [-0.3, -0.25) is 9.59 Å². The van der Waals surface area contributed by atoms with Crippen molar-refractivity contribution in [2.45, 2.75) is 18.4 Å². The molecule has 2 N–H and O–H groups in total. The molecular formula is C27H27N3O3S. The van der Waals surface area contributed by atoms with Crippen LogP contribution in [0.2, 0.25) is 0 Å². The molecule has 0 saturated carbocycles. The first-order valence-electron chi connectivity index (χ1n) is 11.2. The van der Waals surface area contributed by atoms with E-state index >= 15 is 0 Å². The zero-order valence-electron chi connectivity index (χ0n) is 19.0. The SMILES string of the molecule is CCOc1ccc(C(=O)NCCn2cc(SCC(=O)Nc3ccccc3)c3ccccc32)cc1. The van der Waals surface area contributed by atoms with Crippen molar-refractivity contribution in [2.24, 2.45) is 0 Å². The number of fused-ring (bicyclic) bond motifs is 1. The number of nitrogens with one attached hydrogen (secondary N) is 2. The highest BCUT2D eigenvalue weighted by Crippen LogP contribution is 2.30. The maximum absolute atomic E-state index is 12.5. The maximum atomic E-state index is 12.5. The highest BCUT2D eigenvalue weighted by Gasteiger charge is 2.12. The molecule has 34 heavy (non-hydrogen) atoms. The summed E-state index contributed by atoms with van der Waals surface area (Å²) in [5.74, 6) is 0.903. The third-order valence-corrected chi connectivity index (χ3v) is 6.28. The van der Waals surface area contributed by atoms with E-state index in [1.165, 1.54) is 11.8 Å². The van der Waals surface area contributed by atoms with Gasteiger partial charge in [0, 0.05) is 46.3 Å². The summed E-state index contributed by atoms with van der Waals surface area (Å²) in [4.78, 5) is 25.9. The number of benzene rings is 3. The van der Waals surface area contributed by atoms with Crippen LogP contribution >= 0.6 is 11.8 Å². The average molecular weight is 474 g/mol. The van der Waals surface area contributed by atoms with Crippen molar-refractivity contribution < 1.29 is 14.3 Å². The van der Waals surface area contributed by atoms with Crippen LogP contribution in [0.25, 0.3) is 10.9 Å². The van der Waals surface area contributed by atoms with Crippen molar-refractivity contribution in [1.82, 2.24) is 9.88 Å². The van der Waals surface area contributed by atoms with Crippen LogP contribution in [0.4, 0.5) is 5.69 Å². The fraction of sp³-hybridized carbons (Fsp3) is 0.185. The second-order valence-electron chi connectivity index (χ2n) is 7.62. The highest BCUT2D eigenvalue weighted by atomic mass is 32.2. The van der Waals surface area contributed by atoms with Gasteiger partial charge in [-0.1, -0.05) is 36.4 Å². The number of aromatic nitrogens is 1. The molecule has 0 unspecified atom stereocenters. The number of rotatable bonds is 10. The summed E-state index contributed by atoms with van der Waals surface area (Å²) in [7, 11) is 0. The van der Waals surface area contributed by atoms with Crippen molar-refractivity contribution in [3.05, 3.63) is 90.6 Å². The second kappa shape index (κ2) is 11.4. The van der Waals surface area contributed by atoms with Crippen LogP contribution < -0.4 is 15.4 Å². The fourth-order valence-electron chi connectivity index (χ4n) is 3.64. The number of carbonyl (C=O) groups is 2. The molecule has 0 saturated heterocycles. The third kappa shape index (κ3) is 5.99. The quantitative estimate of drug-likeness (QED) is 0.311. The first kappa shape index (κ1) is 23.4. The minimum absolute atomic E-state index is 0.0457. The highest BCUT2D eigenvalue weighted by molar-refractivity contribution is 8.00. The van der Waals surface area contributed by atoms with Gasteiger partial charge >= 0.3 is 0 Å². The molecule has 2 amide bonds. The van der Waals surface area contributed by atoms with E-state index in [9.17, 15) is 9.59 Å². The topological polar surface area (TPSA) is 72.4 Å². The van der Waals surface area contributed by atoms with Gasteiger partial charge < -0.3 is 19.9 Å². The van der Waals surface area contributed by atoms with Gasteiger partial charge in [-0.2, -0.15) is 0 Å². The Morgan fingerprint density at radius 3 is 2.44 bits per heavy atom. The molecule has 1 aromatic heterocycles. The summed E-state index contributed by atoms with van der Waals surface area (Å²) < 4.78 is 7.54. The Hall–Kier alpha value is -3.71. The molecule has 0 radical (unpaired) electrons. The van der Waals surface area contributed by atoms with Crippen LogP contribution in [0.15, 0.2) is 90.0 Å². The smallest absolute Gasteiger partial charge is 0.251 e. The van der Waals surface area contributed by atoms with Crippen molar-refractivity contribution in [1.29, 1.82) is 0 Å². The molecule has 6 nitrogen and oxygen atoms in total. The Morgan fingerprint density at radius 2 is 1.68 bits per heavy atom. The molecule has 174 valence electrons. The van der Waals surface area contributed by atoms with E-state index in [1.54, 1.807) is 24.3 Å². The Balaban J connectivity index is 1.35. The summed E-state index contributed by atoms with van der Waals surface area (Å²) in [6, 6.07) is 24.7. The average Bonchev–Trinajstić information content (AvgIpc) is 3.22. The summed E-state index contributed by atoms with van der Waals surface area (Å²) in [5, 5.41) is 6.99. The Labute approximate surface area is 203 Å². The van der Waals surface area contributed by atoms with E-state index in [4.69, 9.17) is 4.74 Å². The van der Waals surface area contributed by atoms with Crippen LogP contribution in [0.5, 0.6) is 5.75 Å². The number of anilines is 1. The second-order valence-corrected chi connectivity index (χ2v) is 8.64. The van der Waals surface area contributed by atoms with Crippen LogP contribution in [-0.4, -0.2) is 35.3 Å². The number of thioether (sulfide) groups is 1. The molecule has 0 fully saturated rings. The number of hydrogen-bond acceptors (Lipinski definition) is 4. The molecule has 4 rings (SSSR count). The molecule has 0 bridgehead atoms. The molecule has 4 aromatic rings. The molecule has 3 aromatic carbocycles. The molecule has 0 aliphatic heterocycles. The minimum atomic E-state index is -0.119. The Kier molecular flexibility index (Phi) is 7.88. The molecule has 1 heterocycles. The van der Waals surface area contributed by atoms with Gasteiger partial charge in [0.15, 0.2) is 0 Å². The number of para-hydroxylation sites is 2. The summed E-state index contributed by atoms with van der Waals surface area (Å²) in [5.41, 5.74) is 2.46. The molecule has 0 aliphatic carbocycles. The molecule has 0 spiro atoms. The summed E-state index contributed by atoms with van der Waals surface area (Å²) in [6.07, 6.45) is 2.05. The lowest BCUT2D eigenvalue weighted by atomic mass is 10.2. The summed E-state index contributed by atoms with van der Waals surface area (Å²) in [6.45, 7) is 3.63. The van der Waals surface area contributed by atoms with Crippen LogP contribution in [0, 0.1) is 0 Å². The third-order valence-electron chi connectivity index (χ3n) is 5.23. The number of carbonyl (C=O) groups excluding carboxylic acids is 2. The monoisotopic (exact) mass is 473 g/mol.